The lowest BCUT2D eigenvalue weighted by atomic mass is 10.2. The van der Waals surface area contributed by atoms with E-state index in [2.05, 4.69) is 5.32 Å². The van der Waals surface area contributed by atoms with Gasteiger partial charge >= 0.3 is 0 Å². The van der Waals surface area contributed by atoms with Crippen LogP contribution in [0.5, 0.6) is 0 Å². The Kier molecular flexibility index (Phi) is 8.81. The van der Waals surface area contributed by atoms with Gasteiger partial charge in [-0.1, -0.05) is 0 Å². The molecule has 0 amide bonds. The van der Waals surface area contributed by atoms with Crippen molar-refractivity contribution in [3.8, 4) is 0 Å². The molecule has 0 heterocycles. The Labute approximate surface area is 73.9 Å². The third-order valence-corrected chi connectivity index (χ3v) is 1.58. The maximum Gasteiger partial charge on any atom is 0.0616 e. The molecule has 4 nitrogen and oxygen atoms in total. The summed E-state index contributed by atoms with van der Waals surface area (Å²) in [5, 5.41) is 11.9. The first-order valence-electron chi connectivity index (χ1n) is 4.17. The van der Waals surface area contributed by atoms with Crippen molar-refractivity contribution in [3.05, 3.63) is 0 Å². The highest BCUT2D eigenvalue weighted by atomic mass is 16.5. The number of hydrogen-bond donors (Lipinski definition) is 2. The predicted molar refractivity (Wildman–Crippen MR) is 47.2 cm³/mol. The molecule has 12 heavy (non-hydrogen) atoms. The lowest BCUT2D eigenvalue weighted by Crippen LogP contribution is -2.36. The molecule has 4 heteroatoms. The minimum atomic E-state index is 0.189. The average Bonchev–Trinajstić information content (AvgIpc) is 2.06. The summed E-state index contributed by atoms with van der Waals surface area (Å²) in [5.74, 6) is 0. The van der Waals surface area contributed by atoms with Gasteiger partial charge < -0.3 is 19.9 Å². The Morgan fingerprint density at radius 3 is 2.58 bits per heavy atom. The zero-order chi connectivity index (χ0) is 9.23. The predicted octanol–water partition coefficient (Wildman–Crippen LogP) is -0.380. The summed E-state index contributed by atoms with van der Waals surface area (Å²) >= 11 is 0. The molecule has 1 atom stereocenters. The fraction of sp³-hybridized carbons (Fsp3) is 1.00. The van der Waals surface area contributed by atoms with Crippen molar-refractivity contribution in [2.45, 2.75) is 12.5 Å². The summed E-state index contributed by atoms with van der Waals surface area (Å²) < 4.78 is 9.86. The molecule has 0 radical (unpaired) electrons. The van der Waals surface area contributed by atoms with Crippen LogP contribution in [0.25, 0.3) is 0 Å². The standard InChI is InChI=1S/C8H19NO3/c1-11-6-4-9-8(3-5-10)7-12-2/h8-10H,3-7H2,1-2H3. The molecule has 0 aliphatic heterocycles. The van der Waals surface area contributed by atoms with Crippen LogP contribution in [-0.4, -0.2) is 51.7 Å². The van der Waals surface area contributed by atoms with E-state index in [1.807, 2.05) is 0 Å². The Bertz CT molecular complexity index is 84.4. The van der Waals surface area contributed by atoms with Gasteiger partial charge in [0.2, 0.25) is 0 Å². The van der Waals surface area contributed by atoms with Crippen LogP contribution in [0.4, 0.5) is 0 Å². The van der Waals surface area contributed by atoms with E-state index < -0.39 is 0 Å². The third-order valence-electron chi connectivity index (χ3n) is 1.58. The van der Waals surface area contributed by atoms with E-state index in [1.165, 1.54) is 0 Å². The molecular formula is C8H19NO3. The summed E-state index contributed by atoms with van der Waals surface area (Å²) in [6.07, 6.45) is 0.720. The molecule has 0 aromatic heterocycles. The van der Waals surface area contributed by atoms with E-state index in [-0.39, 0.29) is 12.6 Å². The summed E-state index contributed by atoms with van der Waals surface area (Å²) in [6, 6.07) is 0.232. The highest BCUT2D eigenvalue weighted by Gasteiger charge is 2.05. The van der Waals surface area contributed by atoms with Crippen LogP contribution in [0.3, 0.4) is 0 Å². The van der Waals surface area contributed by atoms with Gasteiger partial charge in [-0.25, -0.2) is 0 Å². The van der Waals surface area contributed by atoms with E-state index in [9.17, 15) is 0 Å². The van der Waals surface area contributed by atoms with E-state index in [0.29, 0.717) is 13.2 Å². The first-order valence-corrected chi connectivity index (χ1v) is 4.17. The fourth-order valence-corrected chi connectivity index (χ4v) is 0.966. The Morgan fingerprint density at radius 1 is 1.33 bits per heavy atom. The van der Waals surface area contributed by atoms with Crippen molar-refractivity contribution in [2.75, 3.05) is 40.6 Å². The van der Waals surface area contributed by atoms with Gasteiger partial charge in [0.15, 0.2) is 0 Å². The second-order valence-corrected chi connectivity index (χ2v) is 2.61. The Balaban J connectivity index is 3.34. The molecule has 0 aliphatic rings. The SMILES string of the molecule is COCCNC(CCO)COC. The normalized spacial score (nSPS) is 13.2. The number of ether oxygens (including phenoxy) is 2. The van der Waals surface area contributed by atoms with Crippen LogP contribution >= 0.6 is 0 Å². The second-order valence-electron chi connectivity index (χ2n) is 2.61. The molecule has 0 aliphatic carbocycles. The summed E-state index contributed by atoms with van der Waals surface area (Å²) in [4.78, 5) is 0. The Hall–Kier alpha value is -0.160. The molecule has 0 spiro atoms. The lowest BCUT2D eigenvalue weighted by Gasteiger charge is -2.16. The largest absolute Gasteiger partial charge is 0.396 e. The molecular weight excluding hydrogens is 158 g/mol. The number of methoxy groups -OCH3 is 2. The van der Waals surface area contributed by atoms with E-state index in [4.69, 9.17) is 14.6 Å². The quantitative estimate of drug-likeness (QED) is 0.496. The van der Waals surface area contributed by atoms with E-state index in [0.717, 1.165) is 13.0 Å². The maximum atomic E-state index is 8.69. The van der Waals surface area contributed by atoms with Crippen LogP contribution in [0.2, 0.25) is 0 Å². The molecule has 0 bridgehead atoms. The first-order chi connectivity index (χ1) is 5.85. The van der Waals surface area contributed by atoms with Crippen LogP contribution in [0, 0.1) is 0 Å². The molecule has 2 N–H and O–H groups in total. The van der Waals surface area contributed by atoms with Gasteiger partial charge in [0.25, 0.3) is 0 Å². The number of nitrogens with one attached hydrogen (secondary N) is 1. The van der Waals surface area contributed by atoms with E-state index >= 15 is 0 Å². The number of aliphatic hydroxyl groups is 1. The molecule has 0 saturated carbocycles. The van der Waals surface area contributed by atoms with Crippen molar-refractivity contribution in [1.29, 1.82) is 0 Å². The zero-order valence-electron chi connectivity index (χ0n) is 7.88. The Morgan fingerprint density at radius 2 is 2.08 bits per heavy atom. The molecule has 0 aromatic carbocycles. The van der Waals surface area contributed by atoms with Crippen molar-refractivity contribution in [1.82, 2.24) is 5.32 Å². The first kappa shape index (κ1) is 11.8. The monoisotopic (exact) mass is 177 g/mol. The van der Waals surface area contributed by atoms with Gasteiger partial charge in [-0.3, -0.25) is 0 Å². The highest BCUT2D eigenvalue weighted by molar-refractivity contribution is 4.64. The minimum absolute atomic E-state index is 0.189. The van der Waals surface area contributed by atoms with Crippen LogP contribution < -0.4 is 5.32 Å². The number of rotatable bonds is 8. The molecule has 0 fully saturated rings. The van der Waals surface area contributed by atoms with Crippen LogP contribution in [0.1, 0.15) is 6.42 Å². The summed E-state index contributed by atoms with van der Waals surface area (Å²) in [6.45, 7) is 2.30. The molecule has 0 aromatic rings. The second kappa shape index (κ2) is 8.93. The van der Waals surface area contributed by atoms with Gasteiger partial charge in [-0.2, -0.15) is 0 Å². The fourth-order valence-electron chi connectivity index (χ4n) is 0.966. The van der Waals surface area contributed by atoms with Gasteiger partial charge in [0.1, 0.15) is 0 Å². The number of hydrogen-bond acceptors (Lipinski definition) is 4. The third kappa shape index (κ3) is 6.54. The van der Waals surface area contributed by atoms with Crippen molar-refractivity contribution < 1.29 is 14.6 Å². The molecule has 1 unspecified atom stereocenters. The average molecular weight is 177 g/mol. The molecule has 74 valence electrons. The topological polar surface area (TPSA) is 50.7 Å². The van der Waals surface area contributed by atoms with Crippen LogP contribution in [-0.2, 0) is 9.47 Å². The van der Waals surface area contributed by atoms with Gasteiger partial charge in [0, 0.05) is 33.4 Å². The van der Waals surface area contributed by atoms with E-state index in [1.54, 1.807) is 14.2 Å². The molecule has 0 rings (SSSR count). The van der Waals surface area contributed by atoms with Crippen molar-refractivity contribution >= 4 is 0 Å². The van der Waals surface area contributed by atoms with Gasteiger partial charge in [-0.15, -0.1) is 0 Å². The van der Waals surface area contributed by atoms with Crippen molar-refractivity contribution in [2.24, 2.45) is 0 Å². The van der Waals surface area contributed by atoms with Gasteiger partial charge in [-0.05, 0) is 6.42 Å². The summed E-state index contributed by atoms with van der Waals surface area (Å²) in [5.41, 5.74) is 0. The minimum Gasteiger partial charge on any atom is -0.396 e. The maximum absolute atomic E-state index is 8.69. The zero-order valence-corrected chi connectivity index (χ0v) is 7.88. The van der Waals surface area contributed by atoms with Crippen LogP contribution in [0.15, 0.2) is 0 Å². The smallest absolute Gasteiger partial charge is 0.0616 e. The highest BCUT2D eigenvalue weighted by Crippen LogP contribution is 1.90. The lowest BCUT2D eigenvalue weighted by molar-refractivity contribution is 0.138. The molecule has 0 saturated heterocycles. The summed E-state index contributed by atoms with van der Waals surface area (Å²) in [7, 11) is 3.32. The van der Waals surface area contributed by atoms with Crippen molar-refractivity contribution in [3.63, 3.8) is 0 Å². The number of aliphatic hydroxyl groups excluding tert-OH is 1. The van der Waals surface area contributed by atoms with Gasteiger partial charge in [0.05, 0.1) is 13.2 Å².